The number of benzene rings is 2. The summed E-state index contributed by atoms with van der Waals surface area (Å²) in [4.78, 5) is 12.5. The number of rotatable bonds is 8. The van der Waals surface area contributed by atoms with Crippen LogP contribution in [0.3, 0.4) is 0 Å². The van der Waals surface area contributed by atoms with E-state index in [0.717, 1.165) is 12.1 Å². The normalized spacial score (nSPS) is 11.9. The van der Waals surface area contributed by atoms with Crippen molar-refractivity contribution in [2.45, 2.75) is 37.2 Å². The maximum atomic E-state index is 13.4. The molecule has 0 saturated carbocycles. The van der Waals surface area contributed by atoms with Crippen LogP contribution in [0.15, 0.2) is 53.7 Å². The third-order valence-electron chi connectivity index (χ3n) is 4.43. The lowest BCUT2D eigenvalue weighted by Crippen LogP contribution is -2.24. The fourth-order valence-corrected chi connectivity index (χ4v) is 3.54. The van der Waals surface area contributed by atoms with Crippen molar-refractivity contribution >= 4 is 17.7 Å². The van der Waals surface area contributed by atoms with Crippen LogP contribution in [0.25, 0.3) is 5.69 Å². The lowest BCUT2D eigenvalue weighted by atomic mass is 10.2. The number of amides is 1. The topological polar surface area (TPSA) is 69.0 Å². The molecule has 152 valence electrons. The smallest absolute Gasteiger partial charge is 0.251 e. The van der Waals surface area contributed by atoms with Crippen LogP contribution in [0.5, 0.6) is 5.75 Å². The zero-order valence-electron chi connectivity index (χ0n) is 16.6. The van der Waals surface area contributed by atoms with Gasteiger partial charge in [-0.25, -0.2) is 4.39 Å². The van der Waals surface area contributed by atoms with Crippen LogP contribution in [0, 0.1) is 5.82 Å². The van der Waals surface area contributed by atoms with E-state index in [4.69, 9.17) is 4.74 Å². The van der Waals surface area contributed by atoms with Gasteiger partial charge in [0.25, 0.3) is 5.91 Å². The molecule has 0 saturated heterocycles. The van der Waals surface area contributed by atoms with Gasteiger partial charge in [-0.3, -0.25) is 9.36 Å². The van der Waals surface area contributed by atoms with Crippen LogP contribution in [-0.4, -0.2) is 33.0 Å². The molecule has 2 aromatic carbocycles. The molecule has 3 rings (SSSR count). The van der Waals surface area contributed by atoms with Gasteiger partial charge in [0.1, 0.15) is 11.6 Å². The van der Waals surface area contributed by atoms with Crippen LogP contribution in [0.4, 0.5) is 4.39 Å². The van der Waals surface area contributed by atoms with E-state index < -0.39 is 0 Å². The first kappa shape index (κ1) is 20.9. The standard InChI is InChI=1S/C21H23FN4O2S/c1-4-14(2)29-21-25-24-19(26(21)17-9-7-16(22)8-10-17)13-23-20(27)15-5-11-18(28-3)12-6-15/h5-12,14H,4,13H2,1-3H3,(H,23,27)/t14-/m1/s1. The van der Waals surface area contributed by atoms with Gasteiger partial charge in [-0.2, -0.15) is 0 Å². The van der Waals surface area contributed by atoms with Gasteiger partial charge in [-0.05, 0) is 55.0 Å². The van der Waals surface area contributed by atoms with Crippen molar-refractivity contribution < 1.29 is 13.9 Å². The highest BCUT2D eigenvalue weighted by Gasteiger charge is 2.17. The maximum absolute atomic E-state index is 13.4. The average Bonchev–Trinajstić information content (AvgIpc) is 3.14. The zero-order valence-corrected chi connectivity index (χ0v) is 17.4. The maximum Gasteiger partial charge on any atom is 0.251 e. The van der Waals surface area contributed by atoms with E-state index in [2.05, 4.69) is 29.4 Å². The largest absolute Gasteiger partial charge is 0.497 e. The fourth-order valence-electron chi connectivity index (χ4n) is 2.61. The van der Waals surface area contributed by atoms with Crippen LogP contribution >= 0.6 is 11.8 Å². The summed E-state index contributed by atoms with van der Waals surface area (Å²) in [7, 11) is 1.58. The number of methoxy groups -OCH3 is 1. The molecule has 29 heavy (non-hydrogen) atoms. The van der Waals surface area contributed by atoms with Crippen LogP contribution in [0.2, 0.25) is 0 Å². The highest BCUT2D eigenvalue weighted by atomic mass is 32.2. The third-order valence-corrected chi connectivity index (χ3v) is 5.64. The predicted molar refractivity (Wildman–Crippen MR) is 111 cm³/mol. The first-order chi connectivity index (χ1) is 14.0. The Morgan fingerprint density at radius 2 is 1.86 bits per heavy atom. The SMILES string of the molecule is CC[C@@H](C)Sc1nnc(CNC(=O)c2ccc(OC)cc2)n1-c1ccc(F)cc1. The second-order valence-corrected chi connectivity index (χ2v) is 7.86. The summed E-state index contributed by atoms with van der Waals surface area (Å²) in [5, 5.41) is 12.5. The van der Waals surface area contributed by atoms with Gasteiger partial charge >= 0.3 is 0 Å². The molecule has 0 bridgehead atoms. The molecule has 6 nitrogen and oxygen atoms in total. The first-order valence-corrected chi connectivity index (χ1v) is 10.2. The molecule has 0 spiro atoms. The molecule has 0 aliphatic rings. The molecule has 1 aromatic heterocycles. The molecule has 0 aliphatic carbocycles. The number of thioether (sulfide) groups is 1. The Hall–Kier alpha value is -2.87. The molecule has 1 atom stereocenters. The van der Waals surface area contributed by atoms with Gasteiger partial charge in [0.2, 0.25) is 0 Å². The number of carbonyl (C=O) groups is 1. The second kappa shape index (κ2) is 9.56. The van der Waals surface area contributed by atoms with E-state index in [1.54, 1.807) is 55.3 Å². The van der Waals surface area contributed by atoms with Crippen LogP contribution in [0.1, 0.15) is 36.5 Å². The van der Waals surface area contributed by atoms with Gasteiger partial charge in [-0.1, -0.05) is 25.6 Å². The van der Waals surface area contributed by atoms with Gasteiger partial charge in [0.15, 0.2) is 11.0 Å². The molecule has 0 fully saturated rings. The molecule has 1 amide bonds. The Morgan fingerprint density at radius 3 is 2.48 bits per heavy atom. The minimum absolute atomic E-state index is 0.191. The highest BCUT2D eigenvalue weighted by Crippen LogP contribution is 2.27. The first-order valence-electron chi connectivity index (χ1n) is 9.31. The monoisotopic (exact) mass is 414 g/mol. The molecular formula is C21H23FN4O2S. The number of nitrogens with one attached hydrogen (secondary N) is 1. The number of carbonyl (C=O) groups excluding carboxylic acids is 1. The Morgan fingerprint density at radius 1 is 1.17 bits per heavy atom. The molecule has 1 N–H and O–H groups in total. The van der Waals surface area contributed by atoms with Crippen molar-refractivity contribution in [3.8, 4) is 11.4 Å². The fraction of sp³-hybridized carbons (Fsp3) is 0.286. The van der Waals surface area contributed by atoms with E-state index in [1.807, 2.05) is 4.57 Å². The van der Waals surface area contributed by atoms with Crippen molar-refractivity contribution in [1.82, 2.24) is 20.1 Å². The Bertz CT molecular complexity index is 958. The summed E-state index contributed by atoms with van der Waals surface area (Å²) in [6.45, 7) is 4.40. The predicted octanol–water partition coefficient (Wildman–Crippen LogP) is 4.24. The summed E-state index contributed by atoms with van der Waals surface area (Å²) in [6, 6.07) is 13.0. The molecule has 0 aliphatic heterocycles. The number of halogens is 1. The molecule has 8 heteroatoms. The van der Waals surface area contributed by atoms with E-state index in [0.29, 0.717) is 27.5 Å². The molecule has 3 aromatic rings. The lowest BCUT2D eigenvalue weighted by Gasteiger charge is -2.13. The zero-order chi connectivity index (χ0) is 20.8. The van der Waals surface area contributed by atoms with E-state index in [-0.39, 0.29) is 18.3 Å². The Balaban J connectivity index is 1.82. The highest BCUT2D eigenvalue weighted by molar-refractivity contribution is 7.99. The van der Waals surface area contributed by atoms with Gasteiger partial charge < -0.3 is 10.1 Å². The number of nitrogens with zero attached hydrogens (tertiary/aromatic N) is 3. The summed E-state index contributed by atoms with van der Waals surface area (Å²) in [6.07, 6.45) is 0.977. The Labute approximate surface area is 173 Å². The number of aromatic nitrogens is 3. The second-order valence-electron chi connectivity index (χ2n) is 6.46. The average molecular weight is 415 g/mol. The molecule has 1 heterocycles. The summed E-state index contributed by atoms with van der Waals surface area (Å²) in [5.74, 6) is 0.721. The van der Waals surface area contributed by atoms with Crippen molar-refractivity contribution in [2.75, 3.05) is 7.11 Å². The van der Waals surface area contributed by atoms with Crippen LogP contribution < -0.4 is 10.1 Å². The summed E-state index contributed by atoms with van der Waals surface area (Å²) < 4.78 is 20.3. The van der Waals surface area contributed by atoms with E-state index in [9.17, 15) is 9.18 Å². The number of ether oxygens (including phenoxy) is 1. The Kier molecular flexibility index (Phi) is 6.87. The molecule has 0 unspecified atom stereocenters. The van der Waals surface area contributed by atoms with Crippen LogP contribution in [-0.2, 0) is 6.54 Å². The van der Waals surface area contributed by atoms with Crippen molar-refractivity contribution in [3.05, 3.63) is 65.7 Å². The minimum atomic E-state index is -0.313. The lowest BCUT2D eigenvalue weighted by molar-refractivity contribution is 0.0949. The van der Waals surface area contributed by atoms with Crippen molar-refractivity contribution in [2.24, 2.45) is 0 Å². The number of hydrogen-bond donors (Lipinski definition) is 1. The number of hydrogen-bond acceptors (Lipinski definition) is 5. The molecular weight excluding hydrogens is 391 g/mol. The van der Waals surface area contributed by atoms with Gasteiger partial charge in [0.05, 0.1) is 13.7 Å². The van der Waals surface area contributed by atoms with Gasteiger partial charge in [0, 0.05) is 16.5 Å². The summed E-state index contributed by atoms with van der Waals surface area (Å²) >= 11 is 1.59. The van der Waals surface area contributed by atoms with Gasteiger partial charge in [-0.15, -0.1) is 10.2 Å². The third kappa shape index (κ3) is 5.14. The van der Waals surface area contributed by atoms with Crippen molar-refractivity contribution in [3.63, 3.8) is 0 Å². The van der Waals surface area contributed by atoms with E-state index >= 15 is 0 Å². The van der Waals surface area contributed by atoms with E-state index in [1.165, 1.54) is 12.1 Å². The quantitative estimate of drug-likeness (QED) is 0.559. The summed E-state index contributed by atoms with van der Waals surface area (Å²) in [5.41, 5.74) is 1.27. The van der Waals surface area contributed by atoms with Crippen molar-refractivity contribution in [1.29, 1.82) is 0 Å². The minimum Gasteiger partial charge on any atom is -0.497 e. The molecule has 0 radical (unpaired) electrons.